The number of hydrogen-bond acceptors (Lipinski definition) is 4. The summed E-state index contributed by atoms with van der Waals surface area (Å²) in [7, 11) is -0.484. The molecule has 0 aromatic carbocycles. The van der Waals surface area contributed by atoms with Crippen LogP contribution in [0.15, 0.2) is 12.3 Å². The third kappa shape index (κ3) is 2.49. The average molecular weight is 263 g/mol. The highest BCUT2D eigenvalue weighted by molar-refractivity contribution is 6.62. The predicted molar refractivity (Wildman–Crippen MR) is 75.7 cm³/mol. The lowest BCUT2D eigenvalue weighted by Crippen LogP contribution is -2.41. The van der Waals surface area contributed by atoms with Crippen LogP contribution in [0.5, 0.6) is 5.75 Å². The van der Waals surface area contributed by atoms with E-state index in [0.29, 0.717) is 0 Å². The Hall–Kier alpha value is -1.07. The summed E-state index contributed by atoms with van der Waals surface area (Å²) in [5.41, 5.74) is 0.930. The molecule has 1 aliphatic heterocycles. The Kier molecular flexibility index (Phi) is 3.39. The zero-order valence-electron chi connectivity index (χ0n) is 12.5. The summed E-state index contributed by atoms with van der Waals surface area (Å²) in [5.74, 6) is 0.378. The van der Waals surface area contributed by atoms with Gasteiger partial charge in [-0.15, -0.1) is 0 Å². The fraction of sp³-hybridized carbons (Fsp3) is 0.643. The Balaban J connectivity index is 2.41. The first-order valence-electron chi connectivity index (χ1n) is 6.68. The molecule has 0 spiro atoms. The van der Waals surface area contributed by atoms with Gasteiger partial charge in [-0.3, -0.25) is 4.98 Å². The third-order valence-corrected chi connectivity index (χ3v) is 3.99. The highest BCUT2D eigenvalue weighted by Gasteiger charge is 2.52. The molecule has 0 aliphatic carbocycles. The van der Waals surface area contributed by atoms with E-state index in [9.17, 15) is 5.11 Å². The standard InChI is InChI=1S/C14H22BNO3/c1-9(2)12-11(7-10(17)8-16-12)15-18-13(3,4)14(5,6)19-15/h7-9,17H,1-6H3. The van der Waals surface area contributed by atoms with E-state index in [2.05, 4.69) is 18.8 Å². The van der Waals surface area contributed by atoms with Crippen LogP contribution in [-0.4, -0.2) is 28.4 Å². The van der Waals surface area contributed by atoms with Crippen LogP contribution in [-0.2, 0) is 9.31 Å². The van der Waals surface area contributed by atoms with Crippen molar-refractivity contribution in [3.8, 4) is 5.75 Å². The second kappa shape index (κ2) is 4.49. The molecule has 2 heterocycles. The smallest absolute Gasteiger partial charge is 0.496 e. The highest BCUT2D eigenvalue weighted by atomic mass is 16.7. The van der Waals surface area contributed by atoms with Gasteiger partial charge in [0.2, 0.25) is 0 Å². The van der Waals surface area contributed by atoms with Gasteiger partial charge in [-0.2, -0.15) is 0 Å². The van der Waals surface area contributed by atoms with Gasteiger partial charge in [0, 0.05) is 11.2 Å². The Morgan fingerprint density at radius 3 is 2.16 bits per heavy atom. The van der Waals surface area contributed by atoms with Crippen molar-refractivity contribution >= 4 is 12.6 Å². The molecule has 19 heavy (non-hydrogen) atoms. The highest BCUT2D eigenvalue weighted by Crippen LogP contribution is 2.37. The Labute approximate surface area is 115 Å². The largest absolute Gasteiger partial charge is 0.506 e. The van der Waals surface area contributed by atoms with Gasteiger partial charge in [-0.1, -0.05) is 13.8 Å². The second-order valence-electron chi connectivity index (χ2n) is 6.41. The second-order valence-corrected chi connectivity index (χ2v) is 6.41. The molecule has 0 bridgehead atoms. The van der Waals surface area contributed by atoms with Gasteiger partial charge in [-0.05, 0) is 39.7 Å². The van der Waals surface area contributed by atoms with Gasteiger partial charge >= 0.3 is 7.12 Å². The molecule has 4 nitrogen and oxygen atoms in total. The minimum Gasteiger partial charge on any atom is -0.506 e. The summed E-state index contributed by atoms with van der Waals surface area (Å²) in [6, 6.07) is 1.68. The van der Waals surface area contributed by atoms with E-state index in [0.717, 1.165) is 11.2 Å². The lowest BCUT2D eigenvalue weighted by molar-refractivity contribution is 0.00578. The van der Waals surface area contributed by atoms with E-state index in [1.54, 1.807) is 6.07 Å². The molecule has 1 saturated heterocycles. The average Bonchev–Trinajstić information content (AvgIpc) is 2.47. The quantitative estimate of drug-likeness (QED) is 0.831. The van der Waals surface area contributed by atoms with Crippen molar-refractivity contribution in [3.63, 3.8) is 0 Å². The maximum Gasteiger partial charge on any atom is 0.496 e. The maximum atomic E-state index is 9.67. The molecule has 1 aromatic rings. The van der Waals surface area contributed by atoms with Crippen LogP contribution in [0.3, 0.4) is 0 Å². The van der Waals surface area contributed by atoms with Crippen molar-refractivity contribution in [2.24, 2.45) is 0 Å². The van der Waals surface area contributed by atoms with Crippen LogP contribution < -0.4 is 5.46 Å². The summed E-state index contributed by atoms with van der Waals surface area (Å²) in [6.07, 6.45) is 1.46. The van der Waals surface area contributed by atoms with Crippen molar-refractivity contribution in [2.75, 3.05) is 0 Å². The van der Waals surface area contributed by atoms with Gasteiger partial charge in [0.05, 0.1) is 17.4 Å². The van der Waals surface area contributed by atoms with Crippen LogP contribution >= 0.6 is 0 Å². The zero-order valence-corrected chi connectivity index (χ0v) is 12.5. The maximum absolute atomic E-state index is 9.67. The first-order chi connectivity index (χ1) is 8.64. The van der Waals surface area contributed by atoms with E-state index in [1.807, 2.05) is 27.7 Å². The number of hydrogen-bond donors (Lipinski definition) is 1. The van der Waals surface area contributed by atoms with E-state index in [1.165, 1.54) is 6.20 Å². The molecule has 1 N–H and O–H groups in total. The first-order valence-corrected chi connectivity index (χ1v) is 6.68. The van der Waals surface area contributed by atoms with E-state index in [4.69, 9.17) is 9.31 Å². The molecule has 0 unspecified atom stereocenters. The number of nitrogens with zero attached hydrogens (tertiary/aromatic N) is 1. The summed E-state index contributed by atoms with van der Waals surface area (Å²) >= 11 is 0. The Bertz CT molecular complexity index is 470. The molecule has 0 radical (unpaired) electrons. The van der Waals surface area contributed by atoms with Crippen molar-refractivity contribution in [1.82, 2.24) is 4.98 Å². The molecular weight excluding hydrogens is 241 g/mol. The zero-order chi connectivity index (χ0) is 14.4. The minimum absolute atomic E-state index is 0.133. The van der Waals surface area contributed by atoms with Crippen molar-refractivity contribution in [2.45, 2.75) is 58.7 Å². The van der Waals surface area contributed by atoms with Gasteiger partial charge in [-0.25, -0.2) is 0 Å². The molecule has 1 aromatic heterocycles. The molecule has 5 heteroatoms. The number of aromatic hydroxyl groups is 1. The molecule has 1 fully saturated rings. The Morgan fingerprint density at radius 2 is 1.68 bits per heavy atom. The minimum atomic E-state index is -0.484. The van der Waals surface area contributed by atoms with Gasteiger partial charge in [0.25, 0.3) is 0 Å². The molecule has 2 rings (SSSR count). The number of pyridine rings is 1. The van der Waals surface area contributed by atoms with E-state index in [-0.39, 0.29) is 11.7 Å². The van der Waals surface area contributed by atoms with Crippen LogP contribution in [0.1, 0.15) is 53.2 Å². The Morgan fingerprint density at radius 1 is 1.16 bits per heavy atom. The van der Waals surface area contributed by atoms with E-state index < -0.39 is 18.3 Å². The third-order valence-electron chi connectivity index (χ3n) is 3.99. The fourth-order valence-electron chi connectivity index (χ4n) is 2.12. The van der Waals surface area contributed by atoms with Crippen LogP contribution in [0, 0.1) is 0 Å². The molecule has 0 amide bonds. The van der Waals surface area contributed by atoms with Gasteiger partial charge < -0.3 is 14.4 Å². The lowest BCUT2D eigenvalue weighted by atomic mass is 9.75. The van der Waals surface area contributed by atoms with Crippen molar-refractivity contribution < 1.29 is 14.4 Å². The van der Waals surface area contributed by atoms with Crippen molar-refractivity contribution in [3.05, 3.63) is 18.0 Å². The van der Waals surface area contributed by atoms with Gasteiger partial charge in [0.1, 0.15) is 5.75 Å². The van der Waals surface area contributed by atoms with Crippen LogP contribution in [0.2, 0.25) is 0 Å². The summed E-state index contributed by atoms with van der Waals surface area (Å²) in [6.45, 7) is 12.2. The normalized spacial score (nSPS) is 21.1. The SMILES string of the molecule is CC(C)c1ncc(O)cc1B1OC(C)(C)C(C)(C)O1. The summed E-state index contributed by atoms with van der Waals surface area (Å²) in [4.78, 5) is 4.31. The van der Waals surface area contributed by atoms with Gasteiger partial charge in [0.15, 0.2) is 0 Å². The molecule has 0 saturated carbocycles. The molecular formula is C14H22BNO3. The molecule has 0 atom stereocenters. The van der Waals surface area contributed by atoms with E-state index >= 15 is 0 Å². The molecule has 104 valence electrons. The molecule has 1 aliphatic rings. The monoisotopic (exact) mass is 263 g/mol. The summed E-state index contributed by atoms with van der Waals surface area (Å²) in [5, 5.41) is 9.67. The number of rotatable bonds is 2. The van der Waals surface area contributed by atoms with Crippen LogP contribution in [0.4, 0.5) is 0 Å². The fourth-order valence-corrected chi connectivity index (χ4v) is 2.12. The first kappa shape index (κ1) is 14.3. The topological polar surface area (TPSA) is 51.6 Å². The van der Waals surface area contributed by atoms with Crippen LogP contribution in [0.25, 0.3) is 0 Å². The number of aromatic nitrogens is 1. The predicted octanol–water partition coefficient (Wildman–Crippen LogP) is 2.21. The summed E-state index contributed by atoms with van der Waals surface area (Å²) < 4.78 is 12.0. The van der Waals surface area contributed by atoms with Crippen molar-refractivity contribution in [1.29, 1.82) is 0 Å². The lowest BCUT2D eigenvalue weighted by Gasteiger charge is -2.32.